The number of nitrogens with zero attached hydrogens (tertiary/aromatic N) is 6. The van der Waals surface area contributed by atoms with Crippen molar-refractivity contribution in [1.29, 1.82) is 0 Å². The fourth-order valence-corrected chi connectivity index (χ4v) is 5.07. The predicted octanol–water partition coefficient (Wildman–Crippen LogP) is 1.93. The summed E-state index contributed by atoms with van der Waals surface area (Å²) in [4.78, 5) is 37.2. The van der Waals surface area contributed by atoms with Crippen LogP contribution in [0.25, 0.3) is 28.1 Å². The van der Waals surface area contributed by atoms with Gasteiger partial charge in [-0.3, -0.25) is 4.79 Å². The van der Waals surface area contributed by atoms with Crippen molar-refractivity contribution in [2.75, 3.05) is 12.9 Å². The molecule has 0 saturated heterocycles. The summed E-state index contributed by atoms with van der Waals surface area (Å²) in [6.45, 7) is 1.39. The third-order valence-corrected chi connectivity index (χ3v) is 7.99. The molecule has 5 rings (SSSR count). The molecule has 1 amide bonds. The van der Waals surface area contributed by atoms with Gasteiger partial charge in [0.25, 0.3) is 5.91 Å². The summed E-state index contributed by atoms with van der Waals surface area (Å²) < 4.78 is 72.9. The maximum absolute atomic E-state index is 13.2. The van der Waals surface area contributed by atoms with E-state index in [1.807, 2.05) is 0 Å². The Kier molecular flexibility index (Phi) is 5.70. The average Bonchev–Trinajstić information content (AvgIpc) is 3.44. The highest BCUT2D eigenvalue weighted by Crippen LogP contribution is 2.38. The molecule has 16 heteroatoms. The fourth-order valence-electron chi connectivity index (χ4n) is 4.10. The number of alkyl halides is 3. The van der Waals surface area contributed by atoms with Gasteiger partial charge >= 0.3 is 12.1 Å². The number of rotatable bonds is 6. The van der Waals surface area contributed by atoms with E-state index in [0.717, 1.165) is 16.8 Å². The second kappa shape index (κ2) is 8.47. The maximum atomic E-state index is 13.2. The Bertz CT molecular complexity index is 1740. The summed E-state index contributed by atoms with van der Waals surface area (Å²) in [5.41, 5.74) is -2.51. The van der Waals surface area contributed by atoms with Crippen LogP contribution in [-0.2, 0) is 32.6 Å². The lowest BCUT2D eigenvalue weighted by atomic mass is 10.2. The lowest BCUT2D eigenvalue weighted by Gasteiger charge is -2.15. The molecule has 4 heterocycles. The van der Waals surface area contributed by atoms with Gasteiger partial charge in [0.1, 0.15) is 28.3 Å². The number of ether oxygens (including phenoxy) is 1. The molecule has 4 aromatic heterocycles. The summed E-state index contributed by atoms with van der Waals surface area (Å²) >= 11 is 0. The highest BCUT2D eigenvalue weighted by atomic mass is 32.2. The molecule has 1 N–H and O–H groups in total. The maximum Gasteiger partial charge on any atom is 0.433 e. The predicted molar refractivity (Wildman–Crippen MR) is 125 cm³/mol. The van der Waals surface area contributed by atoms with E-state index in [1.54, 1.807) is 0 Å². The molecule has 0 bridgehead atoms. The summed E-state index contributed by atoms with van der Waals surface area (Å²) in [5.74, 6) is -1.74. The van der Waals surface area contributed by atoms with Gasteiger partial charge in [-0.05, 0) is 25.0 Å². The van der Waals surface area contributed by atoms with E-state index in [1.165, 1.54) is 37.9 Å². The van der Waals surface area contributed by atoms with Crippen molar-refractivity contribution in [2.45, 2.75) is 36.5 Å². The lowest BCUT2D eigenvalue weighted by molar-refractivity contribution is -0.144. The van der Waals surface area contributed by atoms with Crippen LogP contribution in [0.2, 0.25) is 0 Å². The second-order valence-corrected chi connectivity index (χ2v) is 10.9. The lowest BCUT2D eigenvalue weighted by Crippen LogP contribution is -2.44. The Hall–Kier alpha value is -4.08. The highest BCUT2D eigenvalue weighted by molar-refractivity contribution is 7.91. The Balaban J connectivity index is 1.72. The summed E-state index contributed by atoms with van der Waals surface area (Å²) in [7, 11) is -1.35. The first-order valence-corrected chi connectivity index (χ1v) is 12.9. The van der Waals surface area contributed by atoms with Crippen molar-refractivity contribution >= 4 is 38.4 Å². The van der Waals surface area contributed by atoms with Gasteiger partial charge in [-0.25, -0.2) is 32.7 Å². The zero-order valence-corrected chi connectivity index (χ0v) is 21.0. The minimum atomic E-state index is -4.71. The monoisotopic (exact) mass is 551 g/mol. The first-order chi connectivity index (χ1) is 17.8. The molecule has 0 atom stereocenters. The van der Waals surface area contributed by atoms with Gasteiger partial charge in [0.05, 0.1) is 30.1 Å². The van der Waals surface area contributed by atoms with Crippen molar-refractivity contribution in [3.8, 4) is 11.4 Å². The number of imidazole rings is 1. The number of methoxy groups -OCH3 is 1. The van der Waals surface area contributed by atoms with Crippen LogP contribution in [0.1, 0.15) is 35.9 Å². The van der Waals surface area contributed by atoms with Crippen LogP contribution in [-0.4, -0.2) is 67.8 Å². The number of hydrogen-bond donors (Lipinski definition) is 1. The first-order valence-electron chi connectivity index (χ1n) is 11.2. The van der Waals surface area contributed by atoms with E-state index in [4.69, 9.17) is 4.74 Å². The largest absolute Gasteiger partial charge is 0.467 e. The van der Waals surface area contributed by atoms with Crippen LogP contribution < -0.4 is 5.32 Å². The Morgan fingerprint density at radius 1 is 1.24 bits per heavy atom. The van der Waals surface area contributed by atoms with Crippen molar-refractivity contribution < 1.29 is 35.9 Å². The molecular weight excluding hydrogens is 531 g/mol. The van der Waals surface area contributed by atoms with Crippen LogP contribution in [0.15, 0.2) is 29.6 Å². The van der Waals surface area contributed by atoms with Crippen LogP contribution in [0.4, 0.5) is 13.2 Å². The second-order valence-electron chi connectivity index (χ2n) is 8.73. The number of esters is 1. The molecule has 1 aliphatic carbocycles. The molecule has 1 fully saturated rings. The Morgan fingerprint density at radius 2 is 1.95 bits per heavy atom. The van der Waals surface area contributed by atoms with Gasteiger partial charge in [-0.1, -0.05) is 6.92 Å². The quantitative estimate of drug-likeness (QED) is 0.355. The minimum absolute atomic E-state index is 0.0403. The normalized spacial score (nSPS) is 15.1. The molecule has 0 radical (unpaired) electrons. The van der Waals surface area contributed by atoms with Crippen molar-refractivity contribution in [2.24, 2.45) is 7.05 Å². The molecule has 4 aromatic rings. The zero-order valence-electron chi connectivity index (χ0n) is 20.2. The van der Waals surface area contributed by atoms with Crippen LogP contribution >= 0.6 is 0 Å². The van der Waals surface area contributed by atoms with Gasteiger partial charge in [-0.15, -0.1) is 0 Å². The van der Waals surface area contributed by atoms with E-state index < -0.39 is 44.1 Å². The van der Waals surface area contributed by atoms with E-state index in [-0.39, 0.29) is 39.5 Å². The first kappa shape index (κ1) is 25.6. The molecular formula is C22H20F3N7O5S. The Morgan fingerprint density at radius 3 is 2.55 bits per heavy atom. The third-order valence-electron chi connectivity index (χ3n) is 6.35. The number of nitrogens with one attached hydrogen (secondary N) is 1. The summed E-state index contributed by atoms with van der Waals surface area (Å²) in [5, 5.41) is 6.34. The van der Waals surface area contributed by atoms with Crippen LogP contribution in [0.3, 0.4) is 0 Å². The van der Waals surface area contributed by atoms with Crippen molar-refractivity contribution in [1.82, 2.24) is 34.4 Å². The number of fused-ring (bicyclic) bond motifs is 2. The van der Waals surface area contributed by atoms with Crippen LogP contribution in [0.5, 0.6) is 0 Å². The number of halogens is 3. The number of hydrogen-bond acceptors (Lipinski definition) is 9. The van der Waals surface area contributed by atoms with E-state index in [9.17, 15) is 31.2 Å². The summed E-state index contributed by atoms with van der Waals surface area (Å²) in [6, 6.07) is 2.05. The summed E-state index contributed by atoms with van der Waals surface area (Å²) in [6.07, 6.45) is -1.73. The van der Waals surface area contributed by atoms with E-state index in [0.29, 0.717) is 12.8 Å². The average molecular weight is 552 g/mol. The van der Waals surface area contributed by atoms with Gasteiger partial charge < -0.3 is 14.6 Å². The molecule has 200 valence electrons. The molecule has 1 saturated carbocycles. The topological polar surface area (TPSA) is 150 Å². The smallest absolute Gasteiger partial charge is 0.433 e. The number of sulfone groups is 1. The number of aromatic nitrogens is 6. The van der Waals surface area contributed by atoms with Gasteiger partial charge in [0.15, 0.2) is 20.5 Å². The number of aryl methyl sites for hydroxylation is 1. The Labute approximate surface area is 212 Å². The molecule has 0 spiro atoms. The third kappa shape index (κ3) is 3.95. The van der Waals surface area contributed by atoms with Crippen molar-refractivity contribution in [3.05, 3.63) is 35.9 Å². The van der Waals surface area contributed by atoms with Gasteiger partial charge in [0.2, 0.25) is 0 Å². The highest BCUT2D eigenvalue weighted by Gasteiger charge is 2.52. The number of carbonyl (C=O) groups is 2. The SMILES string of the molecule is CCS(=O)(=O)c1nn2c(C(=O)NC3(C(=O)OC)CC3)ccnc2c1-c1nc2cc(C(F)(F)F)ncc2n1C. The van der Waals surface area contributed by atoms with Gasteiger partial charge in [0, 0.05) is 13.2 Å². The minimum Gasteiger partial charge on any atom is -0.467 e. The molecule has 0 aromatic carbocycles. The molecule has 38 heavy (non-hydrogen) atoms. The molecule has 12 nitrogen and oxygen atoms in total. The number of carbonyl (C=O) groups excluding carboxylic acids is 2. The zero-order chi connectivity index (χ0) is 27.6. The standard InChI is InChI=1S/C22H20F3N7O5S/c1-4-38(35,36)19-15(17-28-11-9-14(22(23,24)25)27-10-13(11)31(17)2)16-26-8-5-12(32(16)30-19)18(33)29-21(6-7-21)20(34)37-3/h5,8-10H,4,6-7H2,1-3H3,(H,29,33). The molecule has 0 unspecified atom stereocenters. The molecule has 1 aliphatic rings. The fraction of sp³-hybridized carbons (Fsp3) is 0.364. The van der Waals surface area contributed by atoms with Gasteiger partial charge in [-0.2, -0.15) is 18.3 Å². The van der Waals surface area contributed by atoms with E-state index in [2.05, 4.69) is 25.4 Å². The molecule has 0 aliphatic heterocycles. The van der Waals surface area contributed by atoms with Crippen molar-refractivity contribution in [3.63, 3.8) is 0 Å². The van der Waals surface area contributed by atoms with Crippen LogP contribution in [0, 0.1) is 0 Å². The number of pyridine rings is 1. The number of amides is 1. The van der Waals surface area contributed by atoms with E-state index >= 15 is 0 Å².